The molecule has 0 aliphatic heterocycles. The van der Waals surface area contributed by atoms with E-state index in [0.717, 1.165) is 12.8 Å². The van der Waals surface area contributed by atoms with E-state index in [1.807, 2.05) is 18.2 Å². The van der Waals surface area contributed by atoms with E-state index in [1.54, 1.807) is 12.1 Å². The van der Waals surface area contributed by atoms with Crippen molar-refractivity contribution >= 4 is 31.9 Å². The molecule has 0 heterocycles. The maximum Gasteiger partial charge on any atom is 0.240 e. The van der Waals surface area contributed by atoms with Crippen molar-refractivity contribution in [3.8, 4) is 0 Å². The molecule has 0 radical (unpaired) electrons. The van der Waals surface area contributed by atoms with Crippen LogP contribution in [0.5, 0.6) is 0 Å². The highest BCUT2D eigenvalue weighted by Gasteiger charge is 2.44. The molecule has 0 saturated heterocycles. The van der Waals surface area contributed by atoms with Gasteiger partial charge in [0.15, 0.2) is 0 Å². The molecule has 0 aromatic heterocycles. The topological polar surface area (TPSA) is 75.3 Å². The van der Waals surface area contributed by atoms with E-state index in [9.17, 15) is 13.2 Å². The first-order chi connectivity index (χ1) is 12.4. The highest BCUT2D eigenvalue weighted by molar-refractivity contribution is 9.10. The molecule has 0 spiro atoms. The molecule has 0 bridgehead atoms. The smallest absolute Gasteiger partial charge is 0.240 e. The lowest BCUT2D eigenvalue weighted by molar-refractivity contribution is -0.121. The molecule has 7 heteroatoms. The van der Waals surface area contributed by atoms with Gasteiger partial charge in [-0.05, 0) is 36.6 Å². The molecule has 5 nitrogen and oxygen atoms in total. The van der Waals surface area contributed by atoms with Crippen LogP contribution in [-0.4, -0.2) is 27.4 Å². The lowest BCUT2D eigenvalue weighted by atomic mass is 9.96. The first kappa shape index (κ1) is 19.1. The van der Waals surface area contributed by atoms with Gasteiger partial charge in [0.05, 0.1) is 4.90 Å². The number of carbonyl (C=O) groups is 1. The Morgan fingerprint density at radius 1 is 1.08 bits per heavy atom. The number of amides is 1. The molecule has 138 valence electrons. The molecular weight excluding hydrogens is 416 g/mol. The van der Waals surface area contributed by atoms with Gasteiger partial charge in [0.2, 0.25) is 15.9 Å². The zero-order chi connectivity index (χ0) is 18.6. The minimum Gasteiger partial charge on any atom is -0.355 e. The van der Waals surface area contributed by atoms with Crippen molar-refractivity contribution in [3.63, 3.8) is 0 Å². The third kappa shape index (κ3) is 4.72. The van der Waals surface area contributed by atoms with E-state index < -0.39 is 10.0 Å². The maximum atomic E-state index is 12.2. The number of carbonyl (C=O) groups excluding carboxylic acids is 1. The number of halogens is 1. The standard InChI is InChI=1S/C19H21BrN2O3S/c20-16-7-4-8-17(13-16)26(24,25)22-12-9-18(23)21-14-19(10-11-19)15-5-2-1-3-6-15/h1-8,13,22H,9-12,14H2,(H,21,23). The summed E-state index contributed by atoms with van der Waals surface area (Å²) < 4.78 is 27.6. The Morgan fingerprint density at radius 2 is 1.81 bits per heavy atom. The fourth-order valence-corrected chi connectivity index (χ4v) is 4.51. The van der Waals surface area contributed by atoms with E-state index in [2.05, 4.69) is 38.1 Å². The third-order valence-electron chi connectivity index (χ3n) is 4.61. The Bertz CT molecular complexity index is 881. The summed E-state index contributed by atoms with van der Waals surface area (Å²) in [5.74, 6) is -0.149. The van der Waals surface area contributed by atoms with Gasteiger partial charge in [-0.15, -0.1) is 0 Å². The van der Waals surface area contributed by atoms with Crippen LogP contribution in [0.15, 0.2) is 64.0 Å². The molecule has 0 unspecified atom stereocenters. The first-order valence-electron chi connectivity index (χ1n) is 8.49. The Morgan fingerprint density at radius 3 is 2.46 bits per heavy atom. The summed E-state index contributed by atoms with van der Waals surface area (Å²) in [6.07, 6.45) is 2.23. The van der Waals surface area contributed by atoms with Crippen molar-refractivity contribution in [3.05, 3.63) is 64.6 Å². The lowest BCUT2D eigenvalue weighted by Gasteiger charge is -2.16. The number of hydrogen-bond donors (Lipinski definition) is 2. The quantitative estimate of drug-likeness (QED) is 0.667. The first-order valence-corrected chi connectivity index (χ1v) is 10.8. The van der Waals surface area contributed by atoms with Crippen molar-refractivity contribution < 1.29 is 13.2 Å². The molecular formula is C19H21BrN2O3S. The molecule has 1 aliphatic carbocycles. The molecule has 1 amide bonds. The molecule has 2 aromatic carbocycles. The van der Waals surface area contributed by atoms with Crippen molar-refractivity contribution in [2.45, 2.75) is 29.6 Å². The second-order valence-corrected chi connectivity index (χ2v) is 9.21. The minimum absolute atomic E-state index is 0.0484. The Hall–Kier alpha value is -1.70. The minimum atomic E-state index is -3.61. The molecule has 1 aliphatic rings. The normalized spacial score (nSPS) is 15.4. The maximum absolute atomic E-state index is 12.2. The highest BCUT2D eigenvalue weighted by Crippen LogP contribution is 2.47. The summed E-state index contributed by atoms with van der Waals surface area (Å²) in [6.45, 7) is 0.660. The SMILES string of the molecule is O=C(CCNS(=O)(=O)c1cccc(Br)c1)NCC1(c2ccccc2)CC1. The number of hydrogen-bond acceptors (Lipinski definition) is 3. The largest absolute Gasteiger partial charge is 0.355 e. The summed E-state index contributed by atoms with van der Waals surface area (Å²) >= 11 is 3.25. The molecule has 0 atom stereocenters. The molecule has 2 aromatic rings. The second kappa shape index (κ2) is 7.90. The van der Waals surface area contributed by atoms with E-state index in [-0.39, 0.29) is 29.2 Å². The van der Waals surface area contributed by atoms with Crippen LogP contribution in [0.4, 0.5) is 0 Å². The van der Waals surface area contributed by atoms with Gasteiger partial charge in [0, 0.05) is 29.4 Å². The number of rotatable bonds is 8. The zero-order valence-electron chi connectivity index (χ0n) is 14.2. The van der Waals surface area contributed by atoms with E-state index in [0.29, 0.717) is 11.0 Å². The molecule has 3 rings (SSSR count). The van der Waals surface area contributed by atoms with E-state index in [4.69, 9.17) is 0 Å². The van der Waals surface area contributed by atoms with Crippen LogP contribution in [-0.2, 0) is 20.2 Å². The van der Waals surface area contributed by atoms with Crippen molar-refractivity contribution in [2.24, 2.45) is 0 Å². The molecule has 1 fully saturated rings. The van der Waals surface area contributed by atoms with Gasteiger partial charge in [-0.1, -0.05) is 52.3 Å². The van der Waals surface area contributed by atoms with Crippen LogP contribution in [0.25, 0.3) is 0 Å². The van der Waals surface area contributed by atoms with Gasteiger partial charge in [0.25, 0.3) is 0 Å². The summed E-state index contributed by atoms with van der Waals surface area (Å²) in [6, 6.07) is 16.6. The number of sulfonamides is 1. The summed E-state index contributed by atoms with van der Waals surface area (Å²) in [5.41, 5.74) is 1.29. The fraction of sp³-hybridized carbons (Fsp3) is 0.316. The van der Waals surface area contributed by atoms with Gasteiger partial charge in [-0.2, -0.15) is 0 Å². The van der Waals surface area contributed by atoms with Gasteiger partial charge < -0.3 is 5.32 Å². The lowest BCUT2D eigenvalue weighted by Crippen LogP contribution is -2.35. The van der Waals surface area contributed by atoms with Crippen molar-refractivity contribution in [1.29, 1.82) is 0 Å². The summed E-state index contributed by atoms with van der Waals surface area (Å²) in [7, 11) is -3.61. The predicted octanol–water partition coefficient (Wildman–Crippen LogP) is 2.97. The van der Waals surface area contributed by atoms with E-state index >= 15 is 0 Å². The predicted molar refractivity (Wildman–Crippen MR) is 104 cm³/mol. The van der Waals surface area contributed by atoms with Crippen LogP contribution in [0, 0.1) is 0 Å². The average molecular weight is 437 g/mol. The Kier molecular flexibility index (Phi) is 5.79. The Balaban J connectivity index is 1.46. The van der Waals surface area contributed by atoms with Crippen LogP contribution < -0.4 is 10.0 Å². The Labute approximate surface area is 162 Å². The molecule has 2 N–H and O–H groups in total. The second-order valence-electron chi connectivity index (χ2n) is 6.53. The molecule has 1 saturated carbocycles. The van der Waals surface area contributed by atoms with Gasteiger partial charge in [-0.3, -0.25) is 4.79 Å². The van der Waals surface area contributed by atoms with Crippen LogP contribution in [0.1, 0.15) is 24.8 Å². The average Bonchev–Trinajstić information content (AvgIpc) is 3.42. The monoisotopic (exact) mass is 436 g/mol. The van der Waals surface area contributed by atoms with Gasteiger partial charge in [0.1, 0.15) is 0 Å². The van der Waals surface area contributed by atoms with Crippen LogP contribution in [0.2, 0.25) is 0 Å². The van der Waals surface area contributed by atoms with Crippen molar-refractivity contribution in [1.82, 2.24) is 10.0 Å². The third-order valence-corrected chi connectivity index (χ3v) is 6.57. The van der Waals surface area contributed by atoms with Crippen LogP contribution >= 0.6 is 15.9 Å². The van der Waals surface area contributed by atoms with Crippen molar-refractivity contribution in [2.75, 3.05) is 13.1 Å². The number of nitrogens with one attached hydrogen (secondary N) is 2. The number of benzene rings is 2. The highest BCUT2D eigenvalue weighted by atomic mass is 79.9. The van der Waals surface area contributed by atoms with E-state index in [1.165, 1.54) is 17.7 Å². The van der Waals surface area contributed by atoms with Crippen LogP contribution in [0.3, 0.4) is 0 Å². The fourth-order valence-electron chi connectivity index (χ4n) is 2.88. The summed E-state index contributed by atoms with van der Waals surface area (Å²) in [5, 5.41) is 2.94. The van der Waals surface area contributed by atoms with Gasteiger partial charge >= 0.3 is 0 Å². The van der Waals surface area contributed by atoms with Gasteiger partial charge in [-0.25, -0.2) is 13.1 Å². The molecule has 26 heavy (non-hydrogen) atoms. The zero-order valence-corrected chi connectivity index (χ0v) is 16.6. The summed E-state index contributed by atoms with van der Waals surface area (Å²) in [4.78, 5) is 12.2.